The van der Waals surface area contributed by atoms with Gasteiger partial charge in [-0.05, 0) is 12.5 Å². The maximum atomic E-state index is 11.6. The second kappa shape index (κ2) is 6.93. The fourth-order valence-corrected chi connectivity index (χ4v) is 1.67. The molecule has 1 rings (SSSR count). The van der Waals surface area contributed by atoms with Crippen molar-refractivity contribution in [2.45, 2.75) is 45.6 Å². The van der Waals surface area contributed by atoms with Crippen molar-refractivity contribution in [1.29, 1.82) is 0 Å². The molecule has 1 aliphatic carbocycles. The number of carbonyl (C=O) groups is 3. The highest BCUT2D eigenvalue weighted by Gasteiger charge is 2.27. The molecular weight excluding hydrogens is 236 g/mol. The highest BCUT2D eigenvalue weighted by atomic mass is 16.5. The third kappa shape index (κ3) is 4.69. The molecule has 0 bridgehead atoms. The summed E-state index contributed by atoms with van der Waals surface area (Å²) >= 11 is 0. The molecule has 100 valence electrons. The molecule has 0 N–H and O–H groups in total. The lowest BCUT2D eigenvalue weighted by atomic mass is 10.1. The Labute approximate surface area is 106 Å². The molecule has 0 aromatic carbocycles. The Morgan fingerprint density at radius 3 is 2.78 bits per heavy atom. The highest BCUT2D eigenvalue weighted by molar-refractivity contribution is 6.02. The van der Waals surface area contributed by atoms with Crippen LogP contribution in [0.5, 0.6) is 0 Å². The van der Waals surface area contributed by atoms with Gasteiger partial charge in [-0.2, -0.15) is 0 Å². The fourth-order valence-electron chi connectivity index (χ4n) is 1.67. The van der Waals surface area contributed by atoms with E-state index in [1.54, 1.807) is 0 Å². The largest absolute Gasteiger partial charge is 0.465 e. The lowest BCUT2D eigenvalue weighted by Gasteiger charge is -2.05. The third-order valence-electron chi connectivity index (χ3n) is 2.54. The Bertz CT molecular complexity index is 370. The number of ketones is 1. The number of unbranched alkanes of at least 4 members (excludes halogenated alkanes) is 1. The summed E-state index contributed by atoms with van der Waals surface area (Å²) in [4.78, 5) is 33.7. The summed E-state index contributed by atoms with van der Waals surface area (Å²) in [7, 11) is 0. The van der Waals surface area contributed by atoms with Gasteiger partial charge in [-0.3, -0.25) is 14.4 Å². The highest BCUT2D eigenvalue weighted by Crippen LogP contribution is 2.21. The zero-order valence-electron chi connectivity index (χ0n) is 10.7. The van der Waals surface area contributed by atoms with Gasteiger partial charge in [0, 0.05) is 12.5 Å². The quantitative estimate of drug-likeness (QED) is 0.531. The van der Waals surface area contributed by atoms with Crippen LogP contribution in [0.4, 0.5) is 0 Å². The number of hydrogen-bond acceptors (Lipinski definition) is 5. The van der Waals surface area contributed by atoms with Gasteiger partial charge in [-0.15, -0.1) is 0 Å². The molecule has 0 amide bonds. The topological polar surface area (TPSA) is 69.7 Å². The predicted molar refractivity (Wildman–Crippen MR) is 63.7 cm³/mol. The molecule has 0 spiro atoms. The summed E-state index contributed by atoms with van der Waals surface area (Å²) in [5, 5.41) is 0. The molecule has 0 aromatic rings. The van der Waals surface area contributed by atoms with Crippen molar-refractivity contribution in [2.75, 3.05) is 6.61 Å². The Morgan fingerprint density at radius 1 is 1.44 bits per heavy atom. The third-order valence-corrected chi connectivity index (χ3v) is 2.54. The Hall–Kier alpha value is -1.65. The van der Waals surface area contributed by atoms with Gasteiger partial charge in [0.05, 0.1) is 19.4 Å². The maximum Gasteiger partial charge on any atom is 0.310 e. The number of carbonyl (C=O) groups excluding carboxylic acids is 3. The van der Waals surface area contributed by atoms with Crippen LogP contribution in [-0.4, -0.2) is 30.4 Å². The fraction of sp³-hybridized carbons (Fsp3) is 0.615. The van der Waals surface area contributed by atoms with Gasteiger partial charge in [-0.1, -0.05) is 13.3 Å². The lowest BCUT2D eigenvalue weighted by Crippen LogP contribution is -2.12. The molecule has 0 saturated carbocycles. The van der Waals surface area contributed by atoms with Gasteiger partial charge in [-0.25, -0.2) is 0 Å². The van der Waals surface area contributed by atoms with E-state index in [9.17, 15) is 14.4 Å². The number of Topliss-reactive ketones (excluding diaryl/α,β-unsaturated/α-hetero) is 1. The molecule has 1 atom stereocenters. The van der Waals surface area contributed by atoms with Gasteiger partial charge in [0.1, 0.15) is 6.10 Å². The summed E-state index contributed by atoms with van der Waals surface area (Å²) in [5.41, 5.74) is 0.378. The van der Waals surface area contributed by atoms with E-state index in [4.69, 9.17) is 9.47 Å². The van der Waals surface area contributed by atoms with Crippen LogP contribution < -0.4 is 0 Å². The van der Waals surface area contributed by atoms with Gasteiger partial charge < -0.3 is 9.47 Å². The average molecular weight is 254 g/mol. The van der Waals surface area contributed by atoms with Crippen LogP contribution in [-0.2, 0) is 23.9 Å². The van der Waals surface area contributed by atoms with E-state index in [1.165, 1.54) is 13.0 Å². The molecule has 5 heteroatoms. The van der Waals surface area contributed by atoms with E-state index in [0.717, 1.165) is 12.8 Å². The van der Waals surface area contributed by atoms with Gasteiger partial charge in [0.2, 0.25) is 0 Å². The van der Waals surface area contributed by atoms with Crippen LogP contribution in [0.1, 0.15) is 39.5 Å². The van der Waals surface area contributed by atoms with Crippen molar-refractivity contribution < 1.29 is 23.9 Å². The minimum atomic E-state index is -0.534. The van der Waals surface area contributed by atoms with Crippen molar-refractivity contribution in [2.24, 2.45) is 0 Å². The predicted octanol–water partition coefficient (Wildman–Crippen LogP) is 1.55. The Balaban J connectivity index is 2.43. The first-order valence-electron chi connectivity index (χ1n) is 6.09. The van der Waals surface area contributed by atoms with E-state index in [1.807, 2.05) is 6.92 Å². The molecule has 0 aliphatic heterocycles. The average Bonchev–Trinajstić information content (AvgIpc) is 2.58. The first-order valence-corrected chi connectivity index (χ1v) is 6.09. The number of ether oxygens (including phenoxy) is 2. The van der Waals surface area contributed by atoms with Crippen molar-refractivity contribution in [3.05, 3.63) is 11.6 Å². The van der Waals surface area contributed by atoms with E-state index < -0.39 is 18.0 Å². The van der Waals surface area contributed by atoms with Crippen molar-refractivity contribution in [3.63, 3.8) is 0 Å². The standard InChI is InChI=1S/C13H18O5/c1-3-4-5-17-13(16)7-10-6-11(8-12(10)15)18-9(2)14/h6,11H,3-5,7-8H2,1-2H3/t11-/m0/s1. The van der Waals surface area contributed by atoms with Gasteiger partial charge in [0.25, 0.3) is 0 Å². The molecule has 0 heterocycles. The first kappa shape index (κ1) is 14.4. The minimum absolute atomic E-state index is 0.0414. The smallest absolute Gasteiger partial charge is 0.310 e. The normalized spacial score (nSPS) is 18.4. The monoisotopic (exact) mass is 254 g/mol. The van der Waals surface area contributed by atoms with E-state index in [0.29, 0.717) is 12.2 Å². The van der Waals surface area contributed by atoms with Crippen LogP contribution in [0, 0.1) is 0 Å². The Kier molecular flexibility index (Phi) is 5.55. The zero-order chi connectivity index (χ0) is 13.5. The number of esters is 2. The second-order valence-corrected chi connectivity index (χ2v) is 4.22. The maximum absolute atomic E-state index is 11.6. The van der Waals surface area contributed by atoms with Crippen molar-refractivity contribution in [1.82, 2.24) is 0 Å². The first-order chi connectivity index (χ1) is 8.52. The van der Waals surface area contributed by atoms with Crippen molar-refractivity contribution >= 4 is 17.7 Å². The van der Waals surface area contributed by atoms with E-state index in [2.05, 4.69) is 0 Å². The summed E-state index contributed by atoms with van der Waals surface area (Å²) in [5.74, 6) is -1.00. The molecular formula is C13H18O5. The summed E-state index contributed by atoms with van der Waals surface area (Å²) < 4.78 is 9.87. The molecule has 0 aromatic heterocycles. The Morgan fingerprint density at radius 2 is 2.17 bits per heavy atom. The minimum Gasteiger partial charge on any atom is -0.465 e. The van der Waals surface area contributed by atoms with Crippen LogP contribution in [0.2, 0.25) is 0 Å². The van der Waals surface area contributed by atoms with E-state index >= 15 is 0 Å². The van der Waals surface area contributed by atoms with Crippen LogP contribution >= 0.6 is 0 Å². The van der Waals surface area contributed by atoms with Gasteiger partial charge >= 0.3 is 11.9 Å². The second-order valence-electron chi connectivity index (χ2n) is 4.22. The SMILES string of the molecule is CCCCOC(=O)CC1=C[C@H](OC(C)=O)CC1=O. The molecule has 0 unspecified atom stereocenters. The number of hydrogen-bond donors (Lipinski definition) is 0. The van der Waals surface area contributed by atoms with Gasteiger partial charge in [0.15, 0.2) is 5.78 Å². The zero-order valence-corrected chi connectivity index (χ0v) is 10.7. The summed E-state index contributed by atoms with van der Waals surface area (Å²) in [6.07, 6.45) is 2.84. The summed E-state index contributed by atoms with van der Waals surface area (Å²) in [6.45, 7) is 3.67. The molecule has 0 fully saturated rings. The number of rotatable bonds is 6. The van der Waals surface area contributed by atoms with Crippen molar-refractivity contribution in [3.8, 4) is 0 Å². The molecule has 18 heavy (non-hydrogen) atoms. The molecule has 0 saturated heterocycles. The van der Waals surface area contributed by atoms with Crippen LogP contribution in [0.3, 0.4) is 0 Å². The van der Waals surface area contributed by atoms with Crippen LogP contribution in [0.25, 0.3) is 0 Å². The van der Waals surface area contributed by atoms with E-state index in [-0.39, 0.29) is 18.6 Å². The lowest BCUT2D eigenvalue weighted by molar-refractivity contribution is -0.145. The van der Waals surface area contributed by atoms with Crippen LogP contribution in [0.15, 0.2) is 11.6 Å². The molecule has 0 radical (unpaired) electrons. The molecule has 1 aliphatic rings. The summed E-state index contributed by atoms with van der Waals surface area (Å²) in [6, 6.07) is 0. The molecule has 5 nitrogen and oxygen atoms in total.